The van der Waals surface area contributed by atoms with Gasteiger partial charge in [-0.2, -0.15) is 0 Å². The van der Waals surface area contributed by atoms with Crippen molar-refractivity contribution in [3.63, 3.8) is 0 Å². The third kappa shape index (κ3) is 2.99. The summed E-state index contributed by atoms with van der Waals surface area (Å²) in [5.41, 5.74) is 1.26. The molecule has 7 heteroatoms. The van der Waals surface area contributed by atoms with E-state index in [1.807, 2.05) is 0 Å². The lowest BCUT2D eigenvalue weighted by atomic mass is 9.96. The molecule has 2 aromatic rings. The number of carboxylic acid groups (broad SMARTS) is 1. The van der Waals surface area contributed by atoms with E-state index in [9.17, 15) is 19.5 Å². The zero-order chi connectivity index (χ0) is 18.1. The van der Waals surface area contributed by atoms with Crippen molar-refractivity contribution in [2.75, 3.05) is 6.54 Å². The fourth-order valence-electron chi connectivity index (χ4n) is 2.69. The number of aliphatic hydroxyl groups is 1. The number of carbonyl (C=O) groups excluding carboxylic acids is 2. The van der Waals surface area contributed by atoms with Crippen molar-refractivity contribution in [3.05, 3.63) is 64.2 Å². The molecule has 1 amide bonds. The van der Waals surface area contributed by atoms with Crippen molar-refractivity contribution in [1.82, 2.24) is 5.32 Å². The predicted molar refractivity (Wildman–Crippen MR) is 91.4 cm³/mol. The largest absolute Gasteiger partial charge is 0.506 e. The average Bonchev–Trinajstić information content (AvgIpc) is 2.85. The maximum absolute atomic E-state index is 12.5. The Hall–Kier alpha value is -3.12. The normalized spacial score (nSPS) is 12.9. The maximum atomic E-state index is 12.5. The molecule has 25 heavy (non-hydrogen) atoms. The van der Waals surface area contributed by atoms with Crippen LogP contribution in [0.15, 0.2) is 48.0 Å². The van der Waals surface area contributed by atoms with Crippen LogP contribution < -0.4 is 5.32 Å². The lowest BCUT2D eigenvalue weighted by molar-refractivity contribution is -0.137. The Morgan fingerprint density at radius 3 is 2.32 bits per heavy atom. The van der Waals surface area contributed by atoms with E-state index in [2.05, 4.69) is 5.32 Å². The van der Waals surface area contributed by atoms with E-state index >= 15 is 0 Å². The Labute approximate surface area is 147 Å². The summed E-state index contributed by atoms with van der Waals surface area (Å²) in [7, 11) is 0. The first-order valence-corrected chi connectivity index (χ1v) is 7.65. The number of carboxylic acids is 1. The Bertz CT molecular complexity index is 931. The fourth-order valence-corrected chi connectivity index (χ4v) is 2.81. The number of aliphatic carboxylic acids is 1. The van der Waals surface area contributed by atoms with Crippen LogP contribution in [0.2, 0.25) is 5.02 Å². The molecule has 0 unspecified atom stereocenters. The average molecular weight is 358 g/mol. The van der Waals surface area contributed by atoms with Crippen molar-refractivity contribution in [1.29, 1.82) is 0 Å². The van der Waals surface area contributed by atoms with E-state index < -0.39 is 35.5 Å². The quantitative estimate of drug-likeness (QED) is 0.730. The molecule has 0 atom stereocenters. The number of benzene rings is 2. The van der Waals surface area contributed by atoms with Gasteiger partial charge in [0, 0.05) is 16.1 Å². The first-order valence-electron chi connectivity index (χ1n) is 7.27. The molecule has 0 radical (unpaired) electrons. The molecular weight excluding hydrogens is 346 g/mol. The van der Waals surface area contributed by atoms with Gasteiger partial charge in [-0.25, -0.2) is 0 Å². The number of amides is 1. The van der Waals surface area contributed by atoms with Gasteiger partial charge in [0.1, 0.15) is 17.9 Å². The predicted octanol–water partition coefficient (Wildman–Crippen LogP) is 2.67. The van der Waals surface area contributed by atoms with Crippen LogP contribution in [-0.4, -0.2) is 34.4 Å². The second kappa shape index (κ2) is 6.41. The van der Waals surface area contributed by atoms with E-state index in [1.165, 1.54) is 6.07 Å². The van der Waals surface area contributed by atoms with E-state index in [-0.39, 0.29) is 11.1 Å². The minimum absolute atomic E-state index is 0.186. The molecular formula is C18H12ClNO5. The van der Waals surface area contributed by atoms with Crippen LogP contribution in [-0.2, 0) is 9.59 Å². The lowest BCUT2D eigenvalue weighted by Gasteiger charge is -2.08. The van der Waals surface area contributed by atoms with Crippen LogP contribution >= 0.6 is 11.6 Å². The highest BCUT2D eigenvalue weighted by molar-refractivity contribution is 6.34. The molecule has 0 heterocycles. The Morgan fingerprint density at radius 1 is 1.04 bits per heavy atom. The molecule has 0 aliphatic heterocycles. The van der Waals surface area contributed by atoms with E-state index in [0.29, 0.717) is 16.1 Å². The maximum Gasteiger partial charge on any atom is 0.322 e. The number of nitrogens with one attached hydrogen (secondary N) is 1. The second-order valence-electron chi connectivity index (χ2n) is 5.36. The van der Waals surface area contributed by atoms with Gasteiger partial charge < -0.3 is 15.5 Å². The molecule has 1 aliphatic rings. The zero-order valence-corrected chi connectivity index (χ0v) is 13.5. The van der Waals surface area contributed by atoms with Crippen molar-refractivity contribution in [2.24, 2.45) is 0 Å². The van der Waals surface area contributed by atoms with Gasteiger partial charge in [0.05, 0.1) is 0 Å². The number of hydrogen-bond acceptors (Lipinski definition) is 4. The number of aliphatic hydroxyl groups excluding tert-OH is 1. The summed E-state index contributed by atoms with van der Waals surface area (Å²) < 4.78 is 0. The number of carbonyl (C=O) groups is 3. The van der Waals surface area contributed by atoms with Crippen molar-refractivity contribution >= 4 is 35.0 Å². The summed E-state index contributed by atoms with van der Waals surface area (Å²) in [4.78, 5) is 35.2. The molecule has 3 N–H and O–H groups in total. The number of fused-ring (bicyclic) bond motifs is 1. The highest BCUT2D eigenvalue weighted by Gasteiger charge is 2.36. The number of ketones is 1. The van der Waals surface area contributed by atoms with Crippen LogP contribution in [0, 0.1) is 0 Å². The summed E-state index contributed by atoms with van der Waals surface area (Å²) in [6.45, 7) is -0.650. The molecule has 2 aromatic carbocycles. The summed E-state index contributed by atoms with van der Waals surface area (Å²) in [6.07, 6.45) is 0. The molecule has 0 saturated carbocycles. The topological polar surface area (TPSA) is 104 Å². The van der Waals surface area contributed by atoms with Gasteiger partial charge in [-0.3, -0.25) is 14.4 Å². The highest BCUT2D eigenvalue weighted by Crippen LogP contribution is 2.38. The summed E-state index contributed by atoms with van der Waals surface area (Å²) in [6, 6.07) is 11.7. The fraction of sp³-hybridized carbons (Fsp3) is 0.0556. The van der Waals surface area contributed by atoms with Crippen LogP contribution in [0.25, 0.3) is 16.9 Å². The molecule has 0 spiro atoms. The van der Waals surface area contributed by atoms with Gasteiger partial charge in [0.2, 0.25) is 5.78 Å². The first kappa shape index (κ1) is 16.7. The monoisotopic (exact) mass is 357 g/mol. The second-order valence-corrected chi connectivity index (χ2v) is 5.80. The van der Waals surface area contributed by atoms with Gasteiger partial charge in [0.25, 0.3) is 5.91 Å². The van der Waals surface area contributed by atoms with E-state index in [4.69, 9.17) is 16.7 Å². The van der Waals surface area contributed by atoms with Gasteiger partial charge in [-0.15, -0.1) is 0 Å². The van der Waals surface area contributed by atoms with Crippen LogP contribution in [0.1, 0.15) is 15.9 Å². The number of rotatable bonds is 4. The standard InChI is InChI=1S/C18H12ClNO5/c19-10-6-4-9(5-7-10)11-2-1-3-12-14(11)17(24)15(16(12)23)18(25)20-8-13(21)22/h1-7,24H,8H2,(H,20,25)(H,21,22). The smallest absolute Gasteiger partial charge is 0.322 e. The molecule has 0 aromatic heterocycles. The van der Waals surface area contributed by atoms with Gasteiger partial charge in [-0.05, 0) is 23.3 Å². The summed E-state index contributed by atoms with van der Waals surface area (Å²) in [5, 5.41) is 21.7. The van der Waals surface area contributed by atoms with Gasteiger partial charge >= 0.3 is 5.97 Å². The number of halogens is 1. The Balaban J connectivity index is 2.08. The number of hydrogen-bond donors (Lipinski definition) is 3. The zero-order valence-electron chi connectivity index (χ0n) is 12.7. The van der Waals surface area contributed by atoms with Crippen molar-refractivity contribution < 1.29 is 24.6 Å². The summed E-state index contributed by atoms with van der Waals surface area (Å²) in [5.74, 6) is -3.29. The Morgan fingerprint density at radius 2 is 1.68 bits per heavy atom. The minimum Gasteiger partial charge on any atom is -0.506 e. The molecule has 1 aliphatic carbocycles. The van der Waals surface area contributed by atoms with Crippen LogP contribution in [0.3, 0.4) is 0 Å². The third-order valence-corrected chi connectivity index (χ3v) is 4.04. The highest BCUT2D eigenvalue weighted by atomic mass is 35.5. The SMILES string of the molecule is O=C(O)CNC(=O)C1=C(O)c2c(cccc2-c2ccc(Cl)cc2)C1=O. The molecule has 6 nitrogen and oxygen atoms in total. The molecule has 0 bridgehead atoms. The molecule has 3 rings (SSSR count). The minimum atomic E-state index is -1.25. The van der Waals surface area contributed by atoms with Gasteiger partial charge in [0.15, 0.2) is 0 Å². The number of Topliss-reactive ketones (excluding diaryl/α,β-unsaturated/α-hetero) is 1. The Kier molecular flexibility index (Phi) is 4.29. The van der Waals surface area contributed by atoms with Crippen LogP contribution in [0.5, 0.6) is 0 Å². The molecule has 0 saturated heterocycles. The molecule has 0 fully saturated rings. The van der Waals surface area contributed by atoms with Crippen molar-refractivity contribution in [3.8, 4) is 11.1 Å². The van der Waals surface area contributed by atoms with Crippen LogP contribution in [0.4, 0.5) is 0 Å². The van der Waals surface area contributed by atoms with Gasteiger partial charge in [-0.1, -0.05) is 41.9 Å². The summed E-state index contributed by atoms with van der Waals surface area (Å²) >= 11 is 5.88. The van der Waals surface area contributed by atoms with E-state index in [1.54, 1.807) is 36.4 Å². The third-order valence-electron chi connectivity index (χ3n) is 3.79. The van der Waals surface area contributed by atoms with E-state index in [0.717, 1.165) is 0 Å². The van der Waals surface area contributed by atoms with Crippen molar-refractivity contribution in [2.45, 2.75) is 0 Å². The molecule has 126 valence electrons. The first-order chi connectivity index (χ1) is 11.9. The lowest BCUT2D eigenvalue weighted by Crippen LogP contribution is -2.32.